The molecule has 0 aliphatic carbocycles. The normalized spacial score (nSPS) is 10.6. The Balaban J connectivity index is 1.79. The second-order valence-electron chi connectivity index (χ2n) is 4.21. The number of hydrogen-bond donors (Lipinski definition) is 0. The fourth-order valence-electron chi connectivity index (χ4n) is 1.80. The maximum atomic E-state index is 6.11. The fraction of sp³-hybridized carbons (Fsp3) is 0.0714. The molecule has 106 valence electrons. The largest absolute Gasteiger partial charge is 0.484 e. The van der Waals surface area contributed by atoms with Gasteiger partial charge in [0.25, 0.3) is 0 Å². The summed E-state index contributed by atoms with van der Waals surface area (Å²) in [6.45, 7) is 0.225. The average Bonchev–Trinajstić information content (AvgIpc) is 2.96. The number of aromatic nitrogens is 4. The summed E-state index contributed by atoms with van der Waals surface area (Å²) in [4.78, 5) is 0. The van der Waals surface area contributed by atoms with Crippen molar-refractivity contribution in [2.45, 2.75) is 6.61 Å². The molecule has 0 radical (unpaired) electrons. The molecule has 0 fully saturated rings. The first-order valence-corrected chi connectivity index (χ1v) is 7.31. The summed E-state index contributed by atoms with van der Waals surface area (Å²) in [5.74, 6) is 1.18. The molecule has 5 nitrogen and oxygen atoms in total. The smallest absolute Gasteiger partial charge is 0.194 e. The van der Waals surface area contributed by atoms with E-state index >= 15 is 0 Å². The van der Waals surface area contributed by atoms with Crippen LogP contribution in [0.1, 0.15) is 5.82 Å². The van der Waals surface area contributed by atoms with Gasteiger partial charge in [0.15, 0.2) is 5.82 Å². The summed E-state index contributed by atoms with van der Waals surface area (Å²) in [6, 6.07) is 15.1. The molecule has 0 aliphatic heterocycles. The van der Waals surface area contributed by atoms with Crippen molar-refractivity contribution in [3.63, 3.8) is 0 Å². The van der Waals surface area contributed by atoms with Crippen LogP contribution in [0.25, 0.3) is 5.69 Å². The van der Waals surface area contributed by atoms with Crippen LogP contribution in [0.15, 0.2) is 53.0 Å². The molecule has 1 heterocycles. The van der Waals surface area contributed by atoms with Gasteiger partial charge in [-0.2, -0.15) is 4.68 Å². The summed E-state index contributed by atoms with van der Waals surface area (Å²) in [5.41, 5.74) is 0.878. The Morgan fingerprint density at radius 1 is 1.14 bits per heavy atom. The molecular weight excluding hydrogens is 356 g/mol. The summed E-state index contributed by atoms with van der Waals surface area (Å²) in [6.07, 6.45) is 0. The Labute approximate surface area is 134 Å². The van der Waals surface area contributed by atoms with E-state index in [1.807, 2.05) is 36.4 Å². The third-order valence-electron chi connectivity index (χ3n) is 2.79. The zero-order valence-corrected chi connectivity index (χ0v) is 13.1. The van der Waals surface area contributed by atoms with Crippen molar-refractivity contribution in [3.05, 3.63) is 63.9 Å². The van der Waals surface area contributed by atoms with Crippen LogP contribution in [0, 0.1) is 0 Å². The molecule has 0 bridgehead atoms. The first-order valence-electron chi connectivity index (χ1n) is 6.14. The molecule has 2 aromatic carbocycles. The van der Waals surface area contributed by atoms with Crippen molar-refractivity contribution in [2.24, 2.45) is 0 Å². The Bertz CT molecular complexity index is 748. The number of halogens is 2. The molecule has 0 atom stereocenters. The Morgan fingerprint density at radius 3 is 2.71 bits per heavy atom. The highest BCUT2D eigenvalue weighted by molar-refractivity contribution is 9.10. The van der Waals surface area contributed by atoms with E-state index in [4.69, 9.17) is 16.3 Å². The number of rotatable bonds is 4. The lowest BCUT2D eigenvalue weighted by atomic mass is 10.3. The number of ether oxygens (including phenoxy) is 1. The highest BCUT2D eigenvalue weighted by atomic mass is 79.9. The number of nitrogens with zero attached hydrogens (tertiary/aromatic N) is 4. The topological polar surface area (TPSA) is 52.8 Å². The molecule has 7 heteroatoms. The summed E-state index contributed by atoms with van der Waals surface area (Å²) >= 11 is 9.46. The van der Waals surface area contributed by atoms with E-state index < -0.39 is 0 Å². The molecule has 0 saturated heterocycles. The fourth-order valence-corrected chi connectivity index (χ4v) is 2.53. The van der Waals surface area contributed by atoms with Gasteiger partial charge in [-0.05, 0) is 40.8 Å². The van der Waals surface area contributed by atoms with Crippen LogP contribution < -0.4 is 4.74 Å². The Morgan fingerprint density at radius 2 is 1.95 bits per heavy atom. The van der Waals surface area contributed by atoms with Gasteiger partial charge in [0.2, 0.25) is 0 Å². The minimum Gasteiger partial charge on any atom is -0.484 e. The molecule has 0 saturated carbocycles. The van der Waals surface area contributed by atoms with Crippen LogP contribution in [0.4, 0.5) is 0 Å². The lowest BCUT2D eigenvalue weighted by Gasteiger charge is -2.08. The minimum absolute atomic E-state index is 0.225. The summed E-state index contributed by atoms with van der Waals surface area (Å²) in [7, 11) is 0. The van der Waals surface area contributed by atoms with E-state index in [1.54, 1.807) is 16.8 Å². The van der Waals surface area contributed by atoms with Gasteiger partial charge in [-0.1, -0.05) is 45.7 Å². The highest BCUT2D eigenvalue weighted by Gasteiger charge is 2.10. The number of benzene rings is 2. The number of para-hydroxylation sites is 1. The van der Waals surface area contributed by atoms with E-state index in [2.05, 4.69) is 31.5 Å². The van der Waals surface area contributed by atoms with Gasteiger partial charge in [0.1, 0.15) is 12.4 Å². The Kier molecular flexibility index (Phi) is 4.17. The predicted octanol–water partition coefficient (Wildman–Crippen LogP) is 3.66. The van der Waals surface area contributed by atoms with E-state index in [0.29, 0.717) is 16.6 Å². The van der Waals surface area contributed by atoms with Crippen LogP contribution in [0.5, 0.6) is 5.75 Å². The Hall–Kier alpha value is -1.92. The maximum Gasteiger partial charge on any atom is 0.194 e. The number of hydrogen-bond acceptors (Lipinski definition) is 4. The van der Waals surface area contributed by atoms with Gasteiger partial charge in [0.05, 0.1) is 10.7 Å². The monoisotopic (exact) mass is 364 g/mol. The van der Waals surface area contributed by atoms with Crippen LogP contribution in [-0.4, -0.2) is 20.2 Å². The van der Waals surface area contributed by atoms with Gasteiger partial charge in [-0.15, -0.1) is 5.10 Å². The molecule has 0 spiro atoms. The third-order valence-corrected chi connectivity index (χ3v) is 3.57. The van der Waals surface area contributed by atoms with Crippen molar-refractivity contribution >= 4 is 27.5 Å². The molecule has 0 N–H and O–H groups in total. The first-order chi connectivity index (χ1) is 10.2. The van der Waals surface area contributed by atoms with Crippen molar-refractivity contribution in [3.8, 4) is 11.4 Å². The summed E-state index contributed by atoms with van der Waals surface area (Å²) in [5, 5.41) is 12.2. The molecule has 3 aromatic rings. The maximum absolute atomic E-state index is 6.11. The van der Waals surface area contributed by atoms with Gasteiger partial charge in [-0.3, -0.25) is 0 Å². The van der Waals surface area contributed by atoms with Crippen molar-refractivity contribution in [2.75, 3.05) is 0 Å². The lowest BCUT2D eigenvalue weighted by Crippen LogP contribution is -2.07. The predicted molar refractivity (Wildman–Crippen MR) is 82.6 cm³/mol. The molecular formula is C14H10BrClN4O. The third kappa shape index (κ3) is 3.22. The SMILES string of the molecule is Clc1cc(Br)ccc1OCc1nnnn1-c1ccccc1. The van der Waals surface area contributed by atoms with Crippen LogP contribution in [-0.2, 0) is 6.61 Å². The molecule has 0 unspecified atom stereocenters. The zero-order chi connectivity index (χ0) is 14.7. The van der Waals surface area contributed by atoms with Gasteiger partial charge >= 0.3 is 0 Å². The van der Waals surface area contributed by atoms with Crippen LogP contribution in [0.3, 0.4) is 0 Å². The first kappa shape index (κ1) is 14.0. The second kappa shape index (κ2) is 6.24. The minimum atomic E-state index is 0.225. The van der Waals surface area contributed by atoms with Crippen molar-refractivity contribution in [1.82, 2.24) is 20.2 Å². The summed E-state index contributed by atoms with van der Waals surface area (Å²) < 4.78 is 8.21. The molecule has 0 aliphatic rings. The highest BCUT2D eigenvalue weighted by Crippen LogP contribution is 2.28. The van der Waals surface area contributed by atoms with Gasteiger partial charge < -0.3 is 4.74 Å². The molecule has 3 rings (SSSR count). The second-order valence-corrected chi connectivity index (χ2v) is 5.53. The van der Waals surface area contributed by atoms with Crippen LogP contribution in [0.2, 0.25) is 5.02 Å². The van der Waals surface area contributed by atoms with Gasteiger partial charge in [-0.25, -0.2) is 0 Å². The quantitative estimate of drug-likeness (QED) is 0.708. The molecule has 1 aromatic heterocycles. The van der Waals surface area contributed by atoms with Crippen molar-refractivity contribution in [1.29, 1.82) is 0 Å². The lowest BCUT2D eigenvalue weighted by molar-refractivity contribution is 0.292. The van der Waals surface area contributed by atoms with E-state index in [-0.39, 0.29) is 6.61 Å². The van der Waals surface area contributed by atoms with E-state index in [9.17, 15) is 0 Å². The number of tetrazole rings is 1. The standard InChI is InChI=1S/C14H10BrClN4O/c15-10-6-7-13(12(16)8-10)21-9-14-17-18-19-20(14)11-4-2-1-3-5-11/h1-8H,9H2. The van der Waals surface area contributed by atoms with E-state index in [1.165, 1.54) is 0 Å². The molecule has 21 heavy (non-hydrogen) atoms. The van der Waals surface area contributed by atoms with Crippen LogP contribution >= 0.6 is 27.5 Å². The van der Waals surface area contributed by atoms with Crippen molar-refractivity contribution < 1.29 is 4.74 Å². The zero-order valence-electron chi connectivity index (χ0n) is 10.8. The van der Waals surface area contributed by atoms with Gasteiger partial charge in [0, 0.05) is 4.47 Å². The van der Waals surface area contributed by atoms with E-state index in [0.717, 1.165) is 10.2 Å². The molecule has 0 amide bonds. The average molecular weight is 366 g/mol.